The summed E-state index contributed by atoms with van der Waals surface area (Å²) in [5, 5.41) is 0.709. The number of fused-ring (bicyclic) bond motifs is 2. The molecule has 0 atom stereocenters. The molecule has 2 heterocycles. The van der Waals surface area contributed by atoms with E-state index in [-0.39, 0.29) is 11.3 Å². The van der Waals surface area contributed by atoms with Gasteiger partial charge in [0.2, 0.25) is 5.43 Å². The summed E-state index contributed by atoms with van der Waals surface area (Å²) in [6, 6.07) is 18.0. The van der Waals surface area contributed by atoms with Crippen molar-refractivity contribution in [1.29, 1.82) is 0 Å². The molecule has 3 nitrogen and oxygen atoms in total. The number of pyridine rings is 1. The van der Waals surface area contributed by atoms with Crippen molar-refractivity contribution in [3.05, 3.63) is 70.6 Å². The summed E-state index contributed by atoms with van der Waals surface area (Å²) >= 11 is 0. The van der Waals surface area contributed by atoms with Crippen LogP contribution in [0.5, 0.6) is 0 Å². The van der Waals surface area contributed by atoms with Crippen molar-refractivity contribution in [1.82, 2.24) is 4.57 Å². The normalized spacial score (nSPS) is 11.7. The van der Waals surface area contributed by atoms with E-state index in [0.29, 0.717) is 11.0 Å². The zero-order valence-electron chi connectivity index (χ0n) is 14.7. The van der Waals surface area contributed by atoms with Crippen molar-refractivity contribution in [3.63, 3.8) is 0 Å². The Balaban J connectivity index is 2.27. The molecule has 0 unspecified atom stereocenters. The molecule has 3 heteroatoms. The molecule has 0 aliphatic heterocycles. The van der Waals surface area contributed by atoms with Gasteiger partial charge in [0, 0.05) is 23.4 Å². The second kappa shape index (κ2) is 5.92. The molecule has 0 bridgehead atoms. The average Bonchev–Trinajstić information content (AvgIpc) is 3.04. The molecule has 0 fully saturated rings. The fourth-order valence-electron chi connectivity index (χ4n) is 3.61. The van der Waals surface area contributed by atoms with Crippen molar-refractivity contribution >= 4 is 22.0 Å². The van der Waals surface area contributed by atoms with Gasteiger partial charge in [-0.3, -0.25) is 4.79 Å². The van der Waals surface area contributed by atoms with E-state index < -0.39 is 0 Å². The van der Waals surface area contributed by atoms with Gasteiger partial charge in [-0.2, -0.15) is 0 Å². The number of nitrogens with zero attached hydrogens (tertiary/aromatic N) is 1. The Morgan fingerprint density at radius 1 is 1.00 bits per heavy atom. The van der Waals surface area contributed by atoms with E-state index in [9.17, 15) is 4.79 Å². The summed E-state index contributed by atoms with van der Waals surface area (Å²) in [5.41, 5.74) is 4.41. The van der Waals surface area contributed by atoms with E-state index in [0.717, 1.165) is 34.5 Å². The molecule has 0 saturated heterocycles. The van der Waals surface area contributed by atoms with E-state index in [1.54, 1.807) is 0 Å². The number of para-hydroxylation sites is 1. The number of hydrogen-bond acceptors (Lipinski definition) is 2. The Hall–Kier alpha value is -2.81. The summed E-state index contributed by atoms with van der Waals surface area (Å²) in [7, 11) is 0. The topological polar surface area (TPSA) is 35.1 Å². The monoisotopic (exact) mass is 331 g/mol. The Bertz CT molecular complexity index is 1120. The lowest BCUT2D eigenvalue weighted by Gasteiger charge is -2.12. The summed E-state index contributed by atoms with van der Waals surface area (Å²) < 4.78 is 8.36. The van der Waals surface area contributed by atoms with Crippen LogP contribution >= 0.6 is 0 Å². The minimum atomic E-state index is -0.0284. The predicted molar refractivity (Wildman–Crippen MR) is 103 cm³/mol. The van der Waals surface area contributed by atoms with E-state index in [2.05, 4.69) is 37.5 Å². The Kier molecular flexibility index (Phi) is 3.72. The first-order valence-corrected chi connectivity index (χ1v) is 8.76. The van der Waals surface area contributed by atoms with Gasteiger partial charge in [-0.1, -0.05) is 56.3 Å². The van der Waals surface area contributed by atoms with Gasteiger partial charge in [0.05, 0.1) is 5.52 Å². The number of benzene rings is 2. The van der Waals surface area contributed by atoms with Crippen LogP contribution in [-0.2, 0) is 6.54 Å². The first-order valence-electron chi connectivity index (χ1n) is 8.76. The number of aromatic nitrogens is 1. The van der Waals surface area contributed by atoms with Gasteiger partial charge < -0.3 is 8.98 Å². The van der Waals surface area contributed by atoms with Crippen LogP contribution in [0.2, 0.25) is 0 Å². The number of furan rings is 1. The lowest BCUT2D eigenvalue weighted by atomic mass is 9.99. The SMILES string of the molecule is CCn1c2ccccc2c(=O)c2oc(C(C)C)c(-c3ccccc3)c21. The van der Waals surface area contributed by atoms with Crippen LogP contribution in [-0.4, -0.2) is 4.57 Å². The summed E-state index contributed by atoms with van der Waals surface area (Å²) in [5.74, 6) is 1.06. The molecule has 0 aliphatic rings. The van der Waals surface area contributed by atoms with Gasteiger partial charge in [-0.05, 0) is 24.6 Å². The molecule has 126 valence electrons. The maximum absolute atomic E-state index is 13.1. The molecule has 0 saturated carbocycles. The molecule has 0 N–H and O–H groups in total. The smallest absolute Gasteiger partial charge is 0.232 e. The molecule has 0 spiro atoms. The predicted octanol–water partition coefficient (Wildman–Crippen LogP) is 5.56. The van der Waals surface area contributed by atoms with Crippen molar-refractivity contribution in [3.8, 4) is 11.1 Å². The third-order valence-electron chi connectivity index (χ3n) is 4.73. The fraction of sp³-hybridized carbons (Fsp3) is 0.227. The third kappa shape index (κ3) is 2.30. The summed E-state index contributed by atoms with van der Waals surface area (Å²) in [6.07, 6.45) is 0. The highest BCUT2D eigenvalue weighted by Crippen LogP contribution is 2.38. The number of hydrogen-bond donors (Lipinski definition) is 0. The van der Waals surface area contributed by atoms with Crippen LogP contribution in [0.4, 0.5) is 0 Å². The molecule has 0 amide bonds. The Morgan fingerprint density at radius 3 is 2.36 bits per heavy atom. The molecular formula is C22H21NO2. The molecule has 2 aromatic heterocycles. The third-order valence-corrected chi connectivity index (χ3v) is 4.73. The lowest BCUT2D eigenvalue weighted by molar-refractivity contribution is 0.521. The van der Waals surface area contributed by atoms with Crippen LogP contribution in [0.1, 0.15) is 32.4 Å². The molecule has 0 radical (unpaired) electrons. The highest BCUT2D eigenvalue weighted by atomic mass is 16.3. The van der Waals surface area contributed by atoms with Crippen molar-refractivity contribution in [2.75, 3.05) is 0 Å². The second-order valence-electron chi connectivity index (χ2n) is 6.63. The van der Waals surface area contributed by atoms with Crippen LogP contribution in [0, 0.1) is 0 Å². The lowest BCUT2D eigenvalue weighted by Crippen LogP contribution is -2.09. The second-order valence-corrected chi connectivity index (χ2v) is 6.63. The molecule has 4 rings (SSSR count). The van der Waals surface area contributed by atoms with Gasteiger partial charge in [0.25, 0.3) is 0 Å². The van der Waals surface area contributed by atoms with E-state index >= 15 is 0 Å². The van der Waals surface area contributed by atoms with Gasteiger partial charge in [0.15, 0.2) is 5.58 Å². The number of rotatable bonds is 3. The van der Waals surface area contributed by atoms with Crippen molar-refractivity contribution in [2.24, 2.45) is 0 Å². The summed E-state index contributed by atoms with van der Waals surface area (Å²) in [6.45, 7) is 7.08. The molecular weight excluding hydrogens is 310 g/mol. The first kappa shape index (κ1) is 15.7. The maximum Gasteiger partial charge on any atom is 0.232 e. The molecule has 2 aromatic carbocycles. The highest BCUT2D eigenvalue weighted by Gasteiger charge is 2.24. The van der Waals surface area contributed by atoms with Crippen LogP contribution in [0.25, 0.3) is 33.1 Å². The highest BCUT2D eigenvalue weighted by molar-refractivity contribution is 5.99. The summed E-state index contributed by atoms with van der Waals surface area (Å²) in [4.78, 5) is 13.1. The minimum Gasteiger partial charge on any atom is -0.454 e. The first-order chi connectivity index (χ1) is 12.1. The van der Waals surface area contributed by atoms with Gasteiger partial charge in [-0.25, -0.2) is 0 Å². The van der Waals surface area contributed by atoms with Crippen molar-refractivity contribution < 1.29 is 4.42 Å². The van der Waals surface area contributed by atoms with Gasteiger partial charge in [0.1, 0.15) is 11.3 Å². The minimum absolute atomic E-state index is 0.0284. The largest absolute Gasteiger partial charge is 0.454 e. The Morgan fingerprint density at radius 2 is 1.68 bits per heavy atom. The number of aryl methyl sites for hydroxylation is 1. The average molecular weight is 331 g/mol. The molecule has 0 aliphatic carbocycles. The zero-order chi connectivity index (χ0) is 17.6. The standard InChI is InChI=1S/C22H21NO2/c1-4-23-17-13-9-8-12-16(17)20(24)22-19(23)18(21(25-22)14(2)3)15-10-6-5-7-11-15/h5-14H,4H2,1-3H3. The van der Waals surface area contributed by atoms with Gasteiger partial charge in [-0.15, -0.1) is 0 Å². The fourth-order valence-corrected chi connectivity index (χ4v) is 3.61. The Labute approximate surface area is 146 Å². The van der Waals surface area contributed by atoms with Crippen LogP contribution < -0.4 is 5.43 Å². The molecule has 25 heavy (non-hydrogen) atoms. The van der Waals surface area contributed by atoms with E-state index in [1.807, 2.05) is 42.5 Å². The maximum atomic E-state index is 13.1. The van der Waals surface area contributed by atoms with E-state index in [4.69, 9.17) is 4.42 Å². The van der Waals surface area contributed by atoms with Gasteiger partial charge >= 0.3 is 0 Å². The van der Waals surface area contributed by atoms with Crippen LogP contribution in [0.15, 0.2) is 63.8 Å². The quantitative estimate of drug-likeness (QED) is 0.493. The van der Waals surface area contributed by atoms with Crippen LogP contribution in [0.3, 0.4) is 0 Å². The van der Waals surface area contributed by atoms with Crippen molar-refractivity contribution in [2.45, 2.75) is 33.2 Å². The zero-order valence-corrected chi connectivity index (χ0v) is 14.7. The van der Waals surface area contributed by atoms with E-state index in [1.165, 1.54) is 0 Å². The molecule has 4 aromatic rings.